The second-order valence-corrected chi connectivity index (χ2v) is 5.65. The summed E-state index contributed by atoms with van der Waals surface area (Å²) in [6.45, 7) is 6.22. The number of hydrogen-bond acceptors (Lipinski definition) is 3. The van der Waals surface area contributed by atoms with Gasteiger partial charge in [-0.15, -0.1) is 0 Å². The first-order valence-electron chi connectivity index (χ1n) is 7.62. The van der Waals surface area contributed by atoms with Crippen LogP contribution in [0, 0.1) is 13.8 Å². The molecule has 2 aromatic rings. The van der Waals surface area contributed by atoms with E-state index in [9.17, 15) is 4.79 Å². The summed E-state index contributed by atoms with van der Waals surface area (Å²) in [6.07, 6.45) is -0.582. The third kappa shape index (κ3) is 4.83. The number of benzene rings is 2. The minimum Gasteiger partial charge on any atom is -0.481 e. The molecule has 4 nitrogen and oxygen atoms in total. The van der Waals surface area contributed by atoms with E-state index in [4.69, 9.17) is 9.47 Å². The molecule has 0 fully saturated rings. The van der Waals surface area contributed by atoms with Gasteiger partial charge in [0.25, 0.3) is 5.91 Å². The summed E-state index contributed by atoms with van der Waals surface area (Å²) in [5, 5.41) is 2.88. The predicted molar refractivity (Wildman–Crippen MR) is 91.8 cm³/mol. The SMILES string of the molecule is COCc1cccc(NC(=O)C(C)Oc2cc(C)ccc2C)c1. The molecule has 122 valence electrons. The van der Waals surface area contributed by atoms with Crippen LogP contribution in [0.1, 0.15) is 23.6 Å². The van der Waals surface area contributed by atoms with E-state index in [0.717, 1.165) is 28.1 Å². The van der Waals surface area contributed by atoms with Crippen molar-refractivity contribution in [2.45, 2.75) is 33.5 Å². The fourth-order valence-corrected chi connectivity index (χ4v) is 2.23. The van der Waals surface area contributed by atoms with E-state index in [2.05, 4.69) is 5.32 Å². The van der Waals surface area contributed by atoms with Crippen LogP contribution in [0.15, 0.2) is 42.5 Å². The van der Waals surface area contributed by atoms with E-state index in [0.29, 0.717) is 6.61 Å². The lowest BCUT2D eigenvalue weighted by atomic mass is 10.1. The van der Waals surface area contributed by atoms with Crippen molar-refractivity contribution in [1.82, 2.24) is 0 Å². The van der Waals surface area contributed by atoms with Gasteiger partial charge in [0.1, 0.15) is 5.75 Å². The Bertz CT molecular complexity index is 682. The maximum absolute atomic E-state index is 12.3. The van der Waals surface area contributed by atoms with Crippen LogP contribution in [0.25, 0.3) is 0 Å². The minimum atomic E-state index is -0.582. The highest BCUT2D eigenvalue weighted by molar-refractivity contribution is 5.94. The molecule has 1 amide bonds. The molecular weight excluding hydrogens is 290 g/mol. The van der Waals surface area contributed by atoms with E-state index < -0.39 is 6.10 Å². The van der Waals surface area contributed by atoms with Gasteiger partial charge in [-0.2, -0.15) is 0 Å². The van der Waals surface area contributed by atoms with Crippen LogP contribution in [0.5, 0.6) is 5.75 Å². The van der Waals surface area contributed by atoms with Crippen LogP contribution >= 0.6 is 0 Å². The van der Waals surface area contributed by atoms with Gasteiger partial charge in [-0.25, -0.2) is 0 Å². The van der Waals surface area contributed by atoms with Crippen LogP contribution in [0.2, 0.25) is 0 Å². The first-order chi connectivity index (χ1) is 11.0. The average molecular weight is 313 g/mol. The van der Waals surface area contributed by atoms with Gasteiger partial charge in [-0.1, -0.05) is 24.3 Å². The molecule has 4 heteroatoms. The number of anilines is 1. The first-order valence-corrected chi connectivity index (χ1v) is 7.62. The number of carbonyl (C=O) groups is 1. The molecule has 0 heterocycles. The van der Waals surface area contributed by atoms with Crippen LogP contribution in [0.4, 0.5) is 5.69 Å². The number of nitrogens with one attached hydrogen (secondary N) is 1. The molecule has 1 atom stereocenters. The second-order valence-electron chi connectivity index (χ2n) is 5.65. The molecule has 0 aliphatic carbocycles. The van der Waals surface area contributed by atoms with Crippen molar-refractivity contribution in [3.05, 3.63) is 59.2 Å². The summed E-state index contributed by atoms with van der Waals surface area (Å²) in [4.78, 5) is 12.3. The maximum atomic E-state index is 12.3. The molecule has 1 unspecified atom stereocenters. The largest absolute Gasteiger partial charge is 0.481 e. The smallest absolute Gasteiger partial charge is 0.265 e. The van der Waals surface area contributed by atoms with Crippen molar-refractivity contribution in [2.75, 3.05) is 12.4 Å². The predicted octanol–water partition coefficient (Wildman–Crippen LogP) is 3.86. The third-order valence-corrected chi connectivity index (χ3v) is 3.52. The van der Waals surface area contributed by atoms with Crippen molar-refractivity contribution in [3.63, 3.8) is 0 Å². The van der Waals surface area contributed by atoms with Gasteiger partial charge in [-0.05, 0) is 55.7 Å². The fourth-order valence-electron chi connectivity index (χ4n) is 2.23. The lowest BCUT2D eigenvalue weighted by Gasteiger charge is -2.17. The van der Waals surface area contributed by atoms with Crippen molar-refractivity contribution in [1.29, 1.82) is 0 Å². The van der Waals surface area contributed by atoms with Gasteiger partial charge in [0.2, 0.25) is 0 Å². The van der Waals surface area contributed by atoms with Gasteiger partial charge in [0, 0.05) is 12.8 Å². The summed E-state index contributed by atoms with van der Waals surface area (Å²) < 4.78 is 10.9. The molecule has 0 radical (unpaired) electrons. The molecule has 0 saturated carbocycles. The number of methoxy groups -OCH3 is 1. The highest BCUT2D eigenvalue weighted by atomic mass is 16.5. The first kappa shape index (κ1) is 17.0. The molecule has 1 N–H and O–H groups in total. The molecule has 0 aromatic heterocycles. The third-order valence-electron chi connectivity index (χ3n) is 3.52. The average Bonchev–Trinajstić information content (AvgIpc) is 2.51. The van der Waals surface area contributed by atoms with E-state index in [1.54, 1.807) is 14.0 Å². The summed E-state index contributed by atoms with van der Waals surface area (Å²) in [5.74, 6) is 0.557. The molecule has 0 saturated heterocycles. The highest BCUT2D eigenvalue weighted by Gasteiger charge is 2.16. The number of rotatable bonds is 6. The van der Waals surface area contributed by atoms with Crippen molar-refractivity contribution in [2.24, 2.45) is 0 Å². The lowest BCUT2D eigenvalue weighted by Crippen LogP contribution is -2.30. The fraction of sp³-hybridized carbons (Fsp3) is 0.316. The number of aryl methyl sites for hydroxylation is 2. The van der Waals surface area contributed by atoms with Crippen molar-refractivity contribution in [3.8, 4) is 5.75 Å². The lowest BCUT2D eigenvalue weighted by molar-refractivity contribution is -0.122. The molecule has 0 aliphatic rings. The standard InChI is InChI=1S/C19H23NO3/c1-13-8-9-14(2)18(10-13)23-15(3)19(21)20-17-7-5-6-16(11-17)12-22-4/h5-11,15H,12H2,1-4H3,(H,20,21). The summed E-state index contributed by atoms with van der Waals surface area (Å²) in [5.41, 5.74) is 3.86. The van der Waals surface area contributed by atoms with Crippen LogP contribution in [0.3, 0.4) is 0 Å². The van der Waals surface area contributed by atoms with Gasteiger partial charge in [0.05, 0.1) is 6.61 Å². The Hall–Kier alpha value is -2.33. The Morgan fingerprint density at radius 1 is 1.17 bits per heavy atom. The molecule has 0 spiro atoms. The topological polar surface area (TPSA) is 47.6 Å². The zero-order chi connectivity index (χ0) is 16.8. The Labute approximate surface area is 137 Å². The Morgan fingerprint density at radius 3 is 2.70 bits per heavy atom. The molecule has 2 rings (SSSR count). The maximum Gasteiger partial charge on any atom is 0.265 e. The van der Waals surface area contributed by atoms with E-state index in [1.807, 2.05) is 56.3 Å². The Morgan fingerprint density at radius 2 is 1.96 bits per heavy atom. The minimum absolute atomic E-state index is 0.180. The normalized spacial score (nSPS) is 11.8. The molecule has 23 heavy (non-hydrogen) atoms. The van der Waals surface area contributed by atoms with Crippen LogP contribution in [-0.2, 0) is 16.1 Å². The van der Waals surface area contributed by atoms with Crippen LogP contribution < -0.4 is 10.1 Å². The van der Waals surface area contributed by atoms with E-state index in [1.165, 1.54) is 0 Å². The quantitative estimate of drug-likeness (QED) is 0.881. The zero-order valence-corrected chi connectivity index (χ0v) is 14.1. The highest BCUT2D eigenvalue weighted by Crippen LogP contribution is 2.21. The second kappa shape index (κ2) is 7.79. The number of ether oxygens (including phenoxy) is 2. The number of amides is 1. The molecule has 0 bridgehead atoms. The van der Waals surface area contributed by atoms with Gasteiger partial charge >= 0.3 is 0 Å². The van der Waals surface area contributed by atoms with E-state index in [-0.39, 0.29) is 5.91 Å². The monoisotopic (exact) mass is 313 g/mol. The zero-order valence-electron chi connectivity index (χ0n) is 14.1. The van der Waals surface area contributed by atoms with Gasteiger partial charge < -0.3 is 14.8 Å². The summed E-state index contributed by atoms with van der Waals surface area (Å²) >= 11 is 0. The summed E-state index contributed by atoms with van der Waals surface area (Å²) in [6, 6.07) is 13.5. The van der Waals surface area contributed by atoms with Gasteiger partial charge in [-0.3, -0.25) is 4.79 Å². The van der Waals surface area contributed by atoms with Crippen molar-refractivity contribution >= 4 is 11.6 Å². The molecule has 2 aromatic carbocycles. The summed E-state index contributed by atoms with van der Waals surface area (Å²) in [7, 11) is 1.64. The Balaban J connectivity index is 2.02. The number of hydrogen-bond donors (Lipinski definition) is 1. The molecule has 0 aliphatic heterocycles. The van der Waals surface area contributed by atoms with Crippen LogP contribution in [-0.4, -0.2) is 19.1 Å². The van der Waals surface area contributed by atoms with Gasteiger partial charge in [0.15, 0.2) is 6.10 Å². The van der Waals surface area contributed by atoms with E-state index >= 15 is 0 Å². The Kier molecular flexibility index (Phi) is 5.77. The molecular formula is C19H23NO3. The number of carbonyl (C=O) groups excluding carboxylic acids is 1. The van der Waals surface area contributed by atoms with Crippen molar-refractivity contribution < 1.29 is 14.3 Å².